The van der Waals surface area contributed by atoms with E-state index in [2.05, 4.69) is 58.3 Å². The molecule has 2 heterocycles. The van der Waals surface area contributed by atoms with Crippen LogP contribution in [0.5, 0.6) is 11.5 Å². The summed E-state index contributed by atoms with van der Waals surface area (Å²) in [5.74, 6) is 1.46. The van der Waals surface area contributed by atoms with E-state index in [9.17, 15) is 0 Å². The molecule has 0 radical (unpaired) electrons. The number of nitrogens with zero attached hydrogens (tertiary/aromatic N) is 2. The second-order valence-electron chi connectivity index (χ2n) is 6.66. The lowest BCUT2D eigenvalue weighted by Crippen LogP contribution is -2.31. The van der Waals surface area contributed by atoms with Crippen LogP contribution in [0.15, 0.2) is 72.8 Å². The van der Waals surface area contributed by atoms with Crippen LogP contribution in [0.25, 0.3) is 0 Å². The minimum atomic E-state index is -0.0169. The van der Waals surface area contributed by atoms with Gasteiger partial charge in [0.05, 0.1) is 5.02 Å². The van der Waals surface area contributed by atoms with Crippen molar-refractivity contribution in [1.29, 1.82) is 0 Å². The molecule has 136 valence electrons. The van der Waals surface area contributed by atoms with E-state index in [0.717, 1.165) is 24.4 Å². The molecule has 0 amide bonds. The third-order valence-electron chi connectivity index (χ3n) is 5.12. The van der Waals surface area contributed by atoms with Crippen molar-refractivity contribution in [2.24, 2.45) is 0 Å². The molecule has 0 atom stereocenters. The quantitative estimate of drug-likeness (QED) is 0.633. The van der Waals surface area contributed by atoms with Crippen LogP contribution in [0.4, 0.5) is 11.4 Å². The normalized spacial score (nSPS) is 16.2. The van der Waals surface area contributed by atoms with Crippen molar-refractivity contribution < 1.29 is 9.47 Å². The molecule has 0 bridgehead atoms. The standard InChI is InChI=1S/C22H19ClN2O2/c23-19-14-21-20(26-15-27-21)13-18(19)22-24(16-7-3-1-4-8-16)11-12-25(22)17-9-5-2-6-10-17/h1-10,13-14,22H,11-12,15H2. The molecule has 0 unspecified atom stereocenters. The van der Waals surface area contributed by atoms with Crippen molar-refractivity contribution in [2.75, 3.05) is 29.7 Å². The second kappa shape index (κ2) is 6.71. The Hall–Kier alpha value is -2.85. The predicted molar refractivity (Wildman–Crippen MR) is 108 cm³/mol. The Morgan fingerprint density at radius 1 is 0.741 bits per heavy atom. The first-order chi connectivity index (χ1) is 13.3. The fourth-order valence-electron chi connectivity index (χ4n) is 3.87. The number of halogens is 1. The Morgan fingerprint density at radius 2 is 1.26 bits per heavy atom. The lowest BCUT2D eigenvalue weighted by molar-refractivity contribution is 0.174. The molecule has 5 rings (SSSR count). The van der Waals surface area contributed by atoms with Gasteiger partial charge in [0.25, 0.3) is 0 Å². The molecule has 3 aromatic rings. The zero-order valence-corrected chi connectivity index (χ0v) is 15.5. The highest BCUT2D eigenvalue weighted by Crippen LogP contribution is 2.44. The zero-order valence-electron chi connectivity index (χ0n) is 14.7. The highest BCUT2D eigenvalue weighted by Gasteiger charge is 2.36. The van der Waals surface area contributed by atoms with E-state index in [0.29, 0.717) is 10.8 Å². The Balaban J connectivity index is 1.63. The number of para-hydroxylation sites is 2. The van der Waals surface area contributed by atoms with Crippen LogP contribution in [0.2, 0.25) is 5.02 Å². The van der Waals surface area contributed by atoms with E-state index in [1.54, 1.807) is 0 Å². The average Bonchev–Trinajstić information content (AvgIpc) is 3.35. The number of hydrogen-bond acceptors (Lipinski definition) is 4. The van der Waals surface area contributed by atoms with Gasteiger partial charge in [0, 0.05) is 36.1 Å². The van der Waals surface area contributed by atoms with Gasteiger partial charge in [-0.25, -0.2) is 0 Å². The van der Waals surface area contributed by atoms with Gasteiger partial charge in [0.1, 0.15) is 6.17 Å². The van der Waals surface area contributed by atoms with Crippen LogP contribution in [0, 0.1) is 0 Å². The maximum absolute atomic E-state index is 6.70. The summed E-state index contributed by atoms with van der Waals surface area (Å²) in [4.78, 5) is 4.77. The Morgan fingerprint density at radius 3 is 1.81 bits per heavy atom. The SMILES string of the molecule is Clc1cc2c(cc1C1N(c3ccccc3)CCN1c1ccccc1)OCO2. The molecule has 0 aromatic heterocycles. The Bertz CT molecular complexity index is 902. The largest absolute Gasteiger partial charge is 0.454 e. The molecule has 0 saturated carbocycles. The van der Waals surface area contributed by atoms with Crippen molar-refractivity contribution in [3.63, 3.8) is 0 Å². The van der Waals surface area contributed by atoms with E-state index in [4.69, 9.17) is 21.1 Å². The van der Waals surface area contributed by atoms with Gasteiger partial charge >= 0.3 is 0 Å². The summed E-state index contributed by atoms with van der Waals surface area (Å²) in [5.41, 5.74) is 3.37. The van der Waals surface area contributed by atoms with Crippen LogP contribution >= 0.6 is 11.6 Å². The maximum Gasteiger partial charge on any atom is 0.231 e. The molecule has 2 aliphatic rings. The summed E-state index contributed by atoms with van der Waals surface area (Å²) < 4.78 is 11.1. The lowest BCUT2D eigenvalue weighted by atomic mass is 10.1. The zero-order chi connectivity index (χ0) is 18.2. The minimum Gasteiger partial charge on any atom is -0.454 e. The number of anilines is 2. The van der Waals surface area contributed by atoms with E-state index < -0.39 is 0 Å². The van der Waals surface area contributed by atoms with Crippen LogP contribution in [-0.4, -0.2) is 19.9 Å². The molecule has 0 N–H and O–H groups in total. The van der Waals surface area contributed by atoms with Crippen molar-refractivity contribution in [1.82, 2.24) is 0 Å². The summed E-state index contributed by atoms with van der Waals surface area (Å²) >= 11 is 6.70. The van der Waals surface area contributed by atoms with Crippen LogP contribution < -0.4 is 19.3 Å². The van der Waals surface area contributed by atoms with Crippen molar-refractivity contribution >= 4 is 23.0 Å². The fourth-order valence-corrected chi connectivity index (χ4v) is 4.13. The number of benzene rings is 3. The molecule has 1 saturated heterocycles. The predicted octanol–water partition coefficient (Wildman–Crippen LogP) is 5.09. The molecule has 4 nitrogen and oxygen atoms in total. The molecule has 27 heavy (non-hydrogen) atoms. The van der Waals surface area contributed by atoms with Gasteiger partial charge < -0.3 is 19.3 Å². The maximum atomic E-state index is 6.70. The van der Waals surface area contributed by atoms with E-state index >= 15 is 0 Å². The number of rotatable bonds is 3. The highest BCUT2D eigenvalue weighted by molar-refractivity contribution is 6.31. The molecular formula is C22H19ClN2O2. The van der Waals surface area contributed by atoms with Crippen molar-refractivity contribution in [2.45, 2.75) is 6.17 Å². The van der Waals surface area contributed by atoms with Gasteiger partial charge in [-0.05, 0) is 30.3 Å². The fraction of sp³-hybridized carbons (Fsp3) is 0.182. The second-order valence-corrected chi connectivity index (χ2v) is 7.07. The van der Waals surface area contributed by atoms with E-state index in [1.807, 2.05) is 24.3 Å². The monoisotopic (exact) mass is 378 g/mol. The molecule has 0 spiro atoms. The van der Waals surface area contributed by atoms with Crippen LogP contribution in [0.1, 0.15) is 11.7 Å². The van der Waals surface area contributed by atoms with Gasteiger partial charge in [-0.3, -0.25) is 0 Å². The molecule has 2 aliphatic heterocycles. The summed E-state index contributed by atoms with van der Waals surface area (Å²) in [5, 5.41) is 0.688. The summed E-state index contributed by atoms with van der Waals surface area (Å²) in [6.07, 6.45) is -0.0169. The third-order valence-corrected chi connectivity index (χ3v) is 5.45. The van der Waals surface area contributed by atoms with Crippen molar-refractivity contribution in [3.8, 4) is 11.5 Å². The first-order valence-corrected chi connectivity index (χ1v) is 9.41. The highest BCUT2D eigenvalue weighted by atomic mass is 35.5. The van der Waals surface area contributed by atoms with Gasteiger partial charge in [0.15, 0.2) is 11.5 Å². The first-order valence-electron chi connectivity index (χ1n) is 9.04. The van der Waals surface area contributed by atoms with Gasteiger partial charge in [-0.1, -0.05) is 48.0 Å². The van der Waals surface area contributed by atoms with E-state index in [-0.39, 0.29) is 13.0 Å². The molecule has 1 fully saturated rings. The third kappa shape index (κ3) is 2.86. The van der Waals surface area contributed by atoms with Gasteiger partial charge in [-0.15, -0.1) is 0 Å². The number of hydrogen-bond donors (Lipinski definition) is 0. The van der Waals surface area contributed by atoms with E-state index in [1.165, 1.54) is 11.4 Å². The Labute approximate surface area is 163 Å². The Kier molecular flexibility index (Phi) is 4.06. The van der Waals surface area contributed by atoms with Crippen molar-refractivity contribution in [3.05, 3.63) is 83.4 Å². The smallest absolute Gasteiger partial charge is 0.231 e. The number of fused-ring (bicyclic) bond motifs is 1. The lowest BCUT2D eigenvalue weighted by Gasteiger charge is -2.34. The van der Waals surface area contributed by atoms with Gasteiger partial charge in [-0.2, -0.15) is 0 Å². The summed E-state index contributed by atoms with van der Waals surface area (Å²) in [6, 6.07) is 24.8. The van der Waals surface area contributed by atoms with Crippen LogP contribution in [0.3, 0.4) is 0 Å². The molecule has 3 aromatic carbocycles. The summed E-state index contributed by atoms with van der Waals surface area (Å²) in [7, 11) is 0. The topological polar surface area (TPSA) is 24.9 Å². The minimum absolute atomic E-state index is 0.0169. The number of ether oxygens (including phenoxy) is 2. The molecule has 0 aliphatic carbocycles. The average molecular weight is 379 g/mol. The molecule has 5 heteroatoms. The molecular weight excluding hydrogens is 360 g/mol. The van der Waals surface area contributed by atoms with Gasteiger partial charge in [0.2, 0.25) is 6.79 Å². The summed E-state index contributed by atoms with van der Waals surface area (Å²) in [6.45, 7) is 2.06. The van der Waals surface area contributed by atoms with Crippen LogP contribution in [-0.2, 0) is 0 Å². The first kappa shape index (κ1) is 16.3.